The van der Waals surface area contributed by atoms with Crippen molar-refractivity contribution in [3.63, 3.8) is 0 Å². The number of ether oxygens (including phenoxy) is 1. The molecular weight excluding hydrogens is 400 g/mol. The van der Waals surface area contributed by atoms with Crippen LogP contribution in [0.4, 0.5) is 0 Å². The van der Waals surface area contributed by atoms with Crippen molar-refractivity contribution in [1.29, 1.82) is 0 Å². The maximum atomic E-state index is 13.1. The van der Waals surface area contributed by atoms with Crippen molar-refractivity contribution in [3.8, 4) is 12.3 Å². The molecule has 1 aliphatic heterocycles. The predicted octanol–water partition coefficient (Wildman–Crippen LogP) is 1.66. The van der Waals surface area contributed by atoms with E-state index >= 15 is 0 Å². The molecule has 0 atom stereocenters. The maximum Gasteiger partial charge on any atom is 0.244 e. The molecule has 1 heterocycles. The van der Waals surface area contributed by atoms with E-state index in [1.165, 1.54) is 32.9 Å². The van der Waals surface area contributed by atoms with Crippen molar-refractivity contribution in [2.24, 2.45) is 0 Å². The first-order valence-corrected chi connectivity index (χ1v) is 12.4. The third kappa shape index (κ3) is 4.42. The minimum Gasteiger partial charge on any atom is -0.379 e. The Kier molecular flexibility index (Phi) is 6.78. The van der Waals surface area contributed by atoms with Crippen LogP contribution < -0.4 is 0 Å². The number of terminal acetylenes is 1. The van der Waals surface area contributed by atoms with Crippen molar-refractivity contribution in [2.75, 3.05) is 32.8 Å². The largest absolute Gasteiger partial charge is 0.379 e. The Morgan fingerprint density at radius 3 is 2.14 bits per heavy atom. The smallest absolute Gasteiger partial charge is 0.244 e. The van der Waals surface area contributed by atoms with Crippen LogP contribution in [0.3, 0.4) is 0 Å². The van der Waals surface area contributed by atoms with Crippen molar-refractivity contribution < 1.29 is 21.6 Å². The number of rotatable bonds is 6. The van der Waals surface area contributed by atoms with Gasteiger partial charge in [0.15, 0.2) is 0 Å². The summed E-state index contributed by atoms with van der Waals surface area (Å²) in [5.41, 5.74) is 0. The van der Waals surface area contributed by atoms with E-state index in [0.717, 1.165) is 32.1 Å². The summed E-state index contributed by atoms with van der Waals surface area (Å²) in [7, 11) is -7.45. The van der Waals surface area contributed by atoms with Gasteiger partial charge in [-0.3, -0.25) is 0 Å². The zero-order chi connectivity index (χ0) is 20.2. The van der Waals surface area contributed by atoms with Crippen LogP contribution in [0, 0.1) is 12.3 Å². The molecule has 1 aliphatic carbocycles. The van der Waals surface area contributed by atoms with Crippen molar-refractivity contribution >= 4 is 20.0 Å². The van der Waals surface area contributed by atoms with E-state index in [-0.39, 0.29) is 22.4 Å². The zero-order valence-corrected chi connectivity index (χ0v) is 17.4. The van der Waals surface area contributed by atoms with Crippen molar-refractivity contribution in [3.05, 3.63) is 24.3 Å². The van der Waals surface area contributed by atoms with Gasteiger partial charge in [-0.25, -0.2) is 16.8 Å². The highest BCUT2D eigenvalue weighted by Gasteiger charge is 2.32. The van der Waals surface area contributed by atoms with E-state index < -0.39 is 20.0 Å². The molecule has 154 valence electrons. The highest BCUT2D eigenvalue weighted by molar-refractivity contribution is 7.89. The standard InChI is InChI=1S/C19H26N2O5S2/c1-2-12-21(17-6-4-3-5-7-17)28(24,25)19-10-8-18(9-11-19)27(22,23)20-13-15-26-16-14-20/h1,8-11,17H,3-7,12-16H2. The fraction of sp³-hybridized carbons (Fsp3) is 0.579. The molecule has 28 heavy (non-hydrogen) atoms. The van der Waals surface area contributed by atoms with Gasteiger partial charge in [0, 0.05) is 19.1 Å². The molecule has 2 fully saturated rings. The van der Waals surface area contributed by atoms with Gasteiger partial charge >= 0.3 is 0 Å². The van der Waals surface area contributed by atoms with E-state index in [1.54, 1.807) is 0 Å². The Balaban J connectivity index is 1.85. The number of benzene rings is 1. The fourth-order valence-electron chi connectivity index (χ4n) is 3.72. The van der Waals surface area contributed by atoms with Crippen LogP contribution in [-0.4, -0.2) is 64.3 Å². The molecule has 0 bridgehead atoms. The van der Waals surface area contributed by atoms with Gasteiger partial charge in [0.25, 0.3) is 0 Å². The lowest BCUT2D eigenvalue weighted by molar-refractivity contribution is 0.0730. The van der Waals surface area contributed by atoms with E-state index in [9.17, 15) is 16.8 Å². The summed E-state index contributed by atoms with van der Waals surface area (Å²) in [5.74, 6) is 2.45. The van der Waals surface area contributed by atoms with Crippen LogP contribution in [0.5, 0.6) is 0 Å². The second kappa shape index (κ2) is 8.93. The Morgan fingerprint density at radius 1 is 1.00 bits per heavy atom. The van der Waals surface area contributed by atoms with Crippen LogP contribution in [-0.2, 0) is 24.8 Å². The Labute approximate surface area is 167 Å². The molecule has 0 unspecified atom stereocenters. The van der Waals surface area contributed by atoms with E-state index in [1.807, 2.05) is 0 Å². The molecule has 9 heteroatoms. The third-order valence-corrected chi connectivity index (χ3v) is 9.09. The minimum absolute atomic E-state index is 0.0147. The second-order valence-corrected chi connectivity index (χ2v) is 10.9. The lowest BCUT2D eigenvalue weighted by Gasteiger charge is -2.32. The lowest BCUT2D eigenvalue weighted by Crippen LogP contribution is -2.41. The highest BCUT2D eigenvalue weighted by Crippen LogP contribution is 2.28. The number of hydrogen-bond acceptors (Lipinski definition) is 5. The molecule has 0 radical (unpaired) electrons. The van der Waals surface area contributed by atoms with Crippen LogP contribution in [0.15, 0.2) is 34.1 Å². The lowest BCUT2D eigenvalue weighted by atomic mass is 9.95. The third-order valence-electron chi connectivity index (χ3n) is 5.27. The molecule has 7 nitrogen and oxygen atoms in total. The van der Waals surface area contributed by atoms with Crippen LogP contribution >= 0.6 is 0 Å². The second-order valence-electron chi connectivity index (χ2n) is 7.03. The zero-order valence-electron chi connectivity index (χ0n) is 15.8. The highest BCUT2D eigenvalue weighted by atomic mass is 32.2. The summed E-state index contributed by atoms with van der Waals surface area (Å²) >= 11 is 0. The van der Waals surface area contributed by atoms with Gasteiger partial charge in [-0.1, -0.05) is 25.2 Å². The van der Waals surface area contributed by atoms with Gasteiger partial charge in [0.05, 0.1) is 29.5 Å². The molecule has 0 amide bonds. The molecule has 2 aliphatic rings. The van der Waals surface area contributed by atoms with E-state index in [2.05, 4.69) is 5.92 Å². The number of sulfonamides is 2. The average Bonchev–Trinajstić information content (AvgIpc) is 2.73. The normalized spacial score (nSPS) is 20.1. The molecule has 1 saturated heterocycles. The first-order chi connectivity index (χ1) is 13.4. The molecular formula is C19H26N2O5S2. The van der Waals surface area contributed by atoms with Gasteiger partial charge < -0.3 is 4.74 Å². The average molecular weight is 427 g/mol. The summed E-state index contributed by atoms with van der Waals surface area (Å²) < 4.78 is 59.6. The van der Waals surface area contributed by atoms with E-state index in [4.69, 9.17) is 11.2 Å². The van der Waals surface area contributed by atoms with Crippen molar-refractivity contribution in [1.82, 2.24) is 8.61 Å². The quantitative estimate of drug-likeness (QED) is 0.646. The van der Waals surface area contributed by atoms with E-state index in [0.29, 0.717) is 26.3 Å². The van der Waals surface area contributed by atoms with Crippen molar-refractivity contribution in [2.45, 2.75) is 47.9 Å². The Hall–Kier alpha value is -1.44. The molecule has 1 aromatic carbocycles. The SMILES string of the molecule is C#CCN(C1CCCCC1)S(=O)(=O)c1ccc(S(=O)(=O)N2CCOCC2)cc1. The molecule has 1 aromatic rings. The summed E-state index contributed by atoms with van der Waals surface area (Å²) in [4.78, 5) is 0.142. The first-order valence-electron chi connectivity index (χ1n) is 9.50. The first kappa shape index (κ1) is 21.3. The summed E-state index contributed by atoms with van der Waals surface area (Å²) in [6.45, 7) is 1.31. The van der Waals surface area contributed by atoms with Crippen LogP contribution in [0.25, 0.3) is 0 Å². The fourth-order valence-corrected chi connectivity index (χ4v) is 6.73. The van der Waals surface area contributed by atoms with Gasteiger partial charge in [-0.2, -0.15) is 8.61 Å². The Morgan fingerprint density at radius 2 is 1.57 bits per heavy atom. The number of nitrogens with zero attached hydrogens (tertiary/aromatic N) is 2. The summed E-state index contributed by atoms with van der Waals surface area (Å²) in [5, 5.41) is 0. The van der Waals surface area contributed by atoms with Gasteiger partial charge in [0.1, 0.15) is 0 Å². The monoisotopic (exact) mass is 426 g/mol. The summed E-state index contributed by atoms with van der Waals surface area (Å²) in [6, 6.07) is 5.31. The minimum atomic E-state index is -3.79. The Bertz CT molecular complexity index is 908. The van der Waals surface area contributed by atoms with Crippen LogP contribution in [0.1, 0.15) is 32.1 Å². The van der Waals surface area contributed by atoms with Gasteiger partial charge in [-0.05, 0) is 37.1 Å². The van der Waals surface area contributed by atoms with Gasteiger partial charge in [-0.15, -0.1) is 6.42 Å². The molecule has 0 spiro atoms. The number of morpholine rings is 1. The molecule has 3 rings (SSSR count). The molecule has 0 N–H and O–H groups in total. The van der Waals surface area contributed by atoms with Gasteiger partial charge in [0.2, 0.25) is 20.0 Å². The topological polar surface area (TPSA) is 84.0 Å². The molecule has 1 saturated carbocycles. The van der Waals surface area contributed by atoms with Crippen LogP contribution in [0.2, 0.25) is 0 Å². The molecule has 0 aromatic heterocycles. The maximum absolute atomic E-state index is 13.1. The number of hydrogen-bond donors (Lipinski definition) is 0. The predicted molar refractivity (Wildman–Crippen MR) is 106 cm³/mol. The summed E-state index contributed by atoms with van der Waals surface area (Å²) in [6.07, 6.45) is 10.1.